The van der Waals surface area contributed by atoms with Crippen molar-refractivity contribution in [2.75, 3.05) is 10.6 Å². The van der Waals surface area contributed by atoms with Crippen LogP contribution in [0.5, 0.6) is 0 Å². The van der Waals surface area contributed by atoms with Crippen molar-refractivity contribution in [2.24, 2.45) is 5.92 Å². The number of amides is 3. The Morgan fingerprint density at radius 1 is 1.00 bits per heavy atom. The minimum atomic E-state index is -0.708. The van der Waals surface area contributed by atoms with Crippen LogP contribution < -0.4 is 16.0 Å². The Kier molecular flexibility index (Phi) is 7.36. The number of nitrogens with one attached hydrogen (secondary N) is 3. The molecule has 0 fully saturated rings. The number of nitrogens with zero attached hydrogens (tertiary/aromatic N) is 2. The Hall–Kier alpha value is -3.26. The summed E-state index contributed by atoms with van der Waals surface area (Å²) in [5.41, 5.74) is 3.85. The van der Waals surface area contributed by atoms with Gasteiger partial charge in [-0.3, -0.25) is 10.1 Å². The van der Waals surface area contributed by atoms with E-state index in [2.05, 4.69) is 26.1 Å². The lowest BCUT2D eigenvalue weighted by Crippen LogP contribution is -2.49. The molecule has 3 N–H and O–H groups in total. The van der Waals surface area contributed by atoms with Crippen molar-refractivity contribution in [1.82, 2.24) is 15.5 Å². The summed E-state index contributed by atoms with van der Waals surface area (Å²) in [4.78, 5) is 25.5. The molecule has 1 heterocycles. The molecule has 0 spiro atoms. The molecule has 3 amide bonds. The number of hydrogen-bond donors (Lipinski definition) is 3. The highest BCUT2D eigenvalue weighted by atomic mass is 32.1. The van der Waals surface area contributed by atoms with Crippen LogP contribution in [-0.2, 0) is 4.79 Å². The zero-order valence-corrected chi connectivity index (χ0v) is 18.9. The molecule has 2 aromatic carbocycles. The Bertz CT molecular complexity index is 1050. The molecule has 0 radical (unpaired) electrons. The fraction of sp³-hybridized carbons (Fsp3) is 0.304. The largest absolute Gasteiger partial charge is 0.326 e. The van der Waals surface area contributed by atoms with Crippen molar-refractivity contribution in [3.05, 3.63) is 59.7 Å². The number of hydrogen-bond acceptors (Lipinski definition) is 5. The molecular weight excluding hydrogens is 410 g/mol. The second-order valence-electron chi connectivity index (χ2n) is 7.53. The molecular formula is C23H27N5O2S. The van der Waals surface area contributed by atoms with Gasteiger partial charge in [0.2, 0.25) is 11.0 Å². The normalized spacial score (nSPS) is 12.6. The Morgan fingerprint density at radius 3 is 2.42 bits per heavy atom. The molecule has 0 aliphatic rings. The van der Waals surface area contributed by atoms with E-state index < -0.39 is 12.1 Å². The van der Waals surface area contributed by atoms with Crippen LogP contribution in [0.3, 0.4) is 0 Å². The molecule has 0 bridgehead atoms. The second-order valence-corrected chi connectivity index (χ2v) is 8.51. The van der Waals surface area contributed by atoms with Crippen molar-refractivity contribution < 1.29 is 9.59 Å². The van der Waals surface area contributed by atoms with Gasteiger partial charge in [-0.1, -0.05) is 68.0 Å². The number of rotatable bonds is 7. The third-order valence-corrected chi connectivity index (χ3v) is 6.11. The van der Waals surface area contributed by atoms with E-state index in [1.165, 1.54) is 11.3 Å². The molecule has 3 aromatic rings. The molecule has 7 nitrogen and oxygen atoms in total. The van der Waals surface area contributed by atoms with E-state index in [9.17, 15) is 9.59 Å². The first-order valence-electron chi connectivity index (χ1n) is 10.2. The predicted octanol–water partition coefficient (Wildman–Crippen LogP) is 5.00. The van der Waals surface area contributed by atoms with Crippen molar-refractivity contribution in [3.8, 4) is 10.6 Å². The molecule has 8 heteroatoms. The highest BCUT2D eigenvalue weighted by Crippen LogP contribution is 2.26. The van der Waals surface area contributed by atoms with Crippen molar-refractivity contribution >= 4 is 34.1 Å². The average molecular weight is 438 g/mol. The zero-order valence-electron chi connectivity index (χ0n) is 18.1. The van der Waals surface area contributed by atoms with E-state index in [0.717, 1.165) is 28.1 Å². The summed E-state index contributed by atoms with van der Waals surface area (Å²) < 4.78 is 0. The van der Waals surface area contributed by atoms with Gasteiger partial charge in [-0.2, -0.15) is 0 Å². The Morgan fingerprint density at radius 2 is 1.74 bits per heavy atom. The number of carbonyl (C=O) groups excluding carboxylic acids is 2. The fourth-order valence-electron chi connectivity index (χ4n) is 2.98. The van der Waals surface area contributed by atoms with Gasteiger partial charge in [0, 0.05) is 11.3 Å². The summed E-state index contributed by atoms with van der Waals surface area (Å²) in [7, 11) is 0. The molecule has 162 valence electrons. The third kappa shape index (κ3) is 5.88. The van der Waals surface area contributed by atoms with Crippen LogP contribution in [0.1, 0.15) is 31.4 Å². The van der Waals surface area contributed by atoms with Crippen LogP contribution in [0, 0.1) is 19.8 Å². The summed E-state index contributed by atoms with van der Waals surface area (Å²) in [6, 6.07) is 14.2. The van der Waals surface area contributed by atoms with Crippen LogP contribution in [0.15, 0.2) is 48.5 Å². The van der Waals surface area contributed by atoms with E-state index in [1.54, 1.807) is 0 Å². The van der Waals surface area contributed by atoms with Crippen molar-refractivity contribution in [3.63, 3.8) is 0 Å². The Balaban J connectivity index is 1.67. The van der Waals surface area contributed by atoms with Gasteiger partial charge in [-0.25, -0.2) is 4.79 Å². The first-order valence-corrected chi connectivity index (χ1v) is 11.0. The van der Waals surface area contributed by atoms with Crippen LogP contribution in [-0.4, -0.2) is 28.2 Å². The maximum Gasteiger partial charge on any atom is 0.319 e. The minimum absolute atomic E-state index is 0.0629. The predicted molar refractivity (Wildman–Crippen MR) is 125 cm³/mol. The average Bonchev–Trinajstić information content (AvgIpc) is 3.23. The van der Waals surface area contributed by atoms with Crippen LogP contribution in [0.25, 0.3) is 10.6 Å². The van der Waals surface area contributed by atoms with Gasteiger partial charge >= 0.3 is 6.03 Å². The highest BCUT2D eigenvalue weighted by Gasteiger charge is 2.27. The van der Waals surface area contributed by atoms with E-state index >= 15 is 0 Å². The smallest absolute Gasteiger partial charge is 0.319 e. The molecule has 0 saturated heterocycles. The number of benzene rings is 2. The SMILES string of the molecule is CCC(C)C(NC(=O)Nc1ccc(C)c(C)c1)C(=O)Nc1nnc(-c2ccccc2)s1. The molecule has 3 rings (SSSR count). The summed E-state index contributed by atoms with van der Waals surface area (Å²) in [5, 5.41) is 17.7. The van der Waals surface area contributed by atoms with Gasteiger partial charge in [0.25, 0.3) is 0 Å². The maximum atomic E-state index is 12.9. The second kappa shape index (κ2) is 10.2. The number of carbonyl (C=O) groups is 2. The first kappa shape index (κ1) is 22.4. The molecule has 2 atom stereocenters. The number of urea groups is 1. The molecule has 1 aromatic heterocycles. The number of aromatic nitrogens is 2. The van der Waals surface area contributed by atoms with E-state index in [-0.39, 0.29) is 11.8 Å². The van der Waals surface area contributed by atoms with Gasteiger partial charge in [-0.05, 0) is 43.0 Å². The van der Waals surface area contributed by atoms with E-state index in [4.69, 9.17) is 0 Å². The summed E-state index contributed by atoms with van der Waals surface area (Å²) in [6.07, 6.45) is 0.730. The summed E-state index contributed by atoms with van der Waals surface area (Å²) in [5.74, 6) is -0.382. The molecule has 0 aliphatic carbocycles. The zero-order chi connectivity index (χ0) is 22.4. The Labute approximate surface area is 186 Å². The van der Waals surface area contributed by atoms with Gasteiger partial charge in [0.1, 0.15) is 11.0 Å². The fourth-order valence-corrected chi connectivity index (χ4v) is 3.74. The van der Waals surface area contributed by atoms with Gasteiger partial charge in [0.15, 0.2) is 0 Å². The van der Waals surface area contributed by atoms with Crippen molar-refractivity contribution in [2.45, 2.75) is 40.2 Å². The lowest BCUT2D eigenvalue weighted by atomic mass is 9.98. The first-order chi connectivity index (χ1) is 14.9. The summed E-state index contributed by atoms with van der Waals surface area (Å²) in [6.45, 7) is 7.90. The maximum absolute atomic E-state index is 12.9. The lowest BCUT2D eigenvalue weighted by Gasteiger charge is -2.23. The van der Waals surface area contributed by atoms with Crippen LogP contribution in [0.4, 0.5) is 15.6 Å². The minimum Gasteiger partial charge on any atom is -0.326 e. The molecule has 0 saturated carbocycles. The summed E-state index contributed by atoms with van der Waals surface area (Å²) >= 11 is 1.29. The van der Waals surface area contributed by atoms with Crippen LogP contribution in [0.2, 0.25) is 0 Å². The number of anilines is 2. The topological polar surface area (TPSA) is 96.0 Å². The number of aryl methyl sites for hydroxylation is 2. The van der Waals surface area contributed by atoms with E-state index in [0.29, 0.717) is 10.8 Å². The standard InChI is InChI=1S/C23H27N5O2S/c1-5-14(2)19(25-22(30)24-18-12-11-15(3)16(4)13-18)20(29)26-23-28-27-21(31-23)17-9-7-6-8-10-17/h6-14,19H,5H2,1-4H3,(H2,24,25,30)(H,26,28,29). The monoisotopic (exact) mass is 437 g/mol. The molecule has 2 unspecified atom stereocenters. The van der Waals surface area contributed by atoms with Crippen molar-refractivity contribution in [1.29, 1.82) is 0 Å². The van der Waals surface area contributed by atoms with Gasteiger partial charge in [-0.15, -0.1) is 10.2 Å². The molecule has 31 heavy (non-hydrogen) atoms. The van der Waals surface area contributed by atoms with Gasteiger partial charge in [0.05, 0.1) is 0 Å². The quantitative estimate of drug-likeness (QED) is 0.485. The van der Waals surface area contributed by atoms with Crippen LogP contribution >= 0.6 is 11.3 Å². The van der Waals surface area contributed by atoms with Gasteiger partial charge < -0.3 is 10.6 Å². The van der Waals surface area contributed by atoms with E-state index in [1.807, 2.05) is 76.2 Å². The molecule has 0 aliphatic heterocycles. The lowest BCUT2D eigenvalue weighted by molar-refractivity contribution is -0.119. The third-order valence-electron chi connectivity index (χ3n) is 5.22. The highest BCUT2D eigenvalue weighted by molar-refractivity contribution is 7.18.